The van der Waals surface area contributed by atoms with Crippen LogP contribution in [-0.2, 0) is 14.2 Å². The van der Waals surface area contributed by atoms with Gasteiger partial charge in [0.1, 0.15) is 34.0 Å². The number of hydrogen-bond acceptors (Lipinski definition) is 11. The number of hydrogen-bond donors (Lipinski definition) is 1. The summed E-state index contributed by atoms with van der Waals surface area (Å²) < 4.78 is 62.0. The molecule has 0 spiro atoms. The number of benzene rings is 2. The average molecular weight is 730 g/mol. The fraction of sp³-hybridized carbons (Fsp3) is 0.525. The molecule has 4 aromatic rings. The second-order valence-electron chi connectivity index (χ2n) is 14.6. The molecule has 0 bridgehead atoms. The molecule has 5 heterocycles. The molecule has 1 N–H and O–H groups in total. The van der Waals surface area contributed by atoms with Gasteiger partial charge in [0, 0.05) is 54.6 Å². The van der Waals surface area contributed by atoms with Crippen molar-refractivity contribution in [2.45, 2.75) is 44.6 Å². The summed E-state index contributed by atoms with van der Waals surface area (Å²) in [5.41, 5.74) is -0.325. The van der Waals surface area contributed by atoms with Crippen molar-refractivity contribution in [3.8, 4) is 41.2 Å². The topological polar surface area (TPSA) is 112 Å². The Morgan fingerprint density at radius 3 is 2.60 bits per heavy atom. The summed E-state index contributed by atoms with van der Waals surface area (Å²) in [5.74, 6) is 1.61. The molecular weight excluding hydrogens is 684 g/mol. The van der Waals surface area contributed by atoms with Crippen LogP contribution in [-0.4, -0.2) is 111 Å². The molecule has 2 unspecified atom stereocenters. The van der Waals surface area contributed by atoms with E-state index in [0.29, 0.717) is 82.5 Å². The molecular formula is C40H45F2N5O6. The fourth-order valence-electron chi connectivity index (χ4n) is 8.98. The average Bonchev–Trinajstić information content (AvgIpc) is 3.30. The van der Waals surface area contributed by atoms with Gasteiger partial charge in [-0.2, -0.15) is 9.97 Å². The van der Waals surface area contributed by atoms with E-state index in [9.17, 15) is 5.11 Å². The van der Waals surface area contributed by atoms with E-state index in [-0.39, 0.29) is 56.2 Å². The van der Waals surface area contributed by atoms with Crippen molar-refractivity contribution in [1.82, 2.24) is 19.9 Å². The van der Waals surface area contributed by atoms with Gasteiger partial charge in [-0.25, -0.2) is 13.8 Å². The molecule has 2 aromatic heterocycles. The predicted octanol–water partition coefficient (Wildman–Crippen LogP) is 5.72. The third kappa shape index (κ3) is 6.82. The predicted molar refractivity (Wildman–Crippen MR) is 195 cm³/mol. The zero-order valence-electron chi connectivity index (χ0n) is 30.0. The van der Waals surface area contributed by atoms with Crippen LogP contribution in [0, 0.1) is 35.3 Å². The maximum Gasteiger partial charge on any atom is 0.319 e. The zero-order chi connectivity index (χ0) is 36.5. The standard InChI is InChI=1S/C40H45F2N5O6/c1-3-28-30(41)9-8-26-19-27(48)20-29(32(26)28)35-34(42)36-33(38(43-35)49-2)37(46-13-6-15-50-16-14-46)45-39(44-36)53-24-40-10-4-7-31(40)47(12-5-11-40)21-25-22-51-17-18-52-23-25/h1,8-9,19-20,25,31,48H,4-7,10-18,21-24H2,2H3. The van der Waals surface area contributed by atoms with Gasteiger partial charge in [0.25, 0.3) is 0 Å². The van der Waals surface area contributed by atoms with Crippen LogP contribution < -0.4 is 14.4 Å². The molecule has 4 aliphatic rings. The molecule has 13 heteroatoms. The van der Waals surface area contributed by atoms with E-state index in [2.05, 4.69) is 15.8 Å². The molecule has 4 fully saturated rings. The number of phenolic OH excluding ortho intramolecular Hbond substituents is 1. The van der Waals surface area contributed by atoms with Crippen LogP contribution in [0.15, 0.2) is 24.3 Å². The summed E-state index contributed by atoms with van der Waals surface area (Å²) >= 11 is 0. The summed E-state index contributed by atoms with van der Waals surface area (Å²) in [7, 11) is 1.44. The van der Waals surface area contributed by atoms with Crippen molar-refractivity contribution < 1.29 is 37.6 Å². The minimum absolute atomic E-state index is 0.0506. The van der Waals surface area contributed by atoms with Crippen LogP contribution in [0.5, 0.6) is 17.6 Å². The number of piperidine rings is 1. The normalized spacial score (nSPS) is 23.1. The first kappa shape index (κ1) is 35.7. The number of rotatable bonds is 8. The van der Waals surface area contributed by atoms with Crippen LogP contribution in [0.4, 0.5) is 14.6 Å². The lowest BCUT2D eigenvalue weighted by molar-refractivity contribution is -0.0170. The molecule has 3 saturated heterocycles. The van der Waals surface area contributed by atoms with E-state index in [1.165, 1.54) is 31.4 Å². The number of anilines is 1. The monoisotopic (exact) mass is 729 g/mol. The van der Waals surface area contributed by atoms with Gasteiger partial charge in [0.15, 0.2) is 5.82 Å². The molecule has 0 amide bonds. The Morgan fingerprint density at radius 2 is 1.79 bits per heavy atom. The SMILES string of the molecule is C#Cc1c(F)ccc2cc(O)cc(-c3nc(OC)c4c(N5CCCOCC5)nc(OCC56CCCC5N(CC5COCCOC5)CCC6)nc4c3F)c12. The highest BCUT2D eigenvalue weighted by Gasteiger charge is 2.49. The number of pyridine rings is 1. The molecule has 0 radical (unpaired) electrons. The summed E-state index contributed by atoms with van der Waals surface area (Å²) in [6.07, 6.45) is 11.8. The highest BCUT2D eigenvalue weighted by Crippen LogP contribution is 2.49. The van der Waals surface area contributed by atoms with Crippen LogP contribution in [0.25, 0.3) is 32.9 Å². The third-order valence-corrected chi connectivity index (χ3v) is 11.4. The van der Waals surface area contributed by atoms with Gasteiger partial charge in [-0.3, -0.25) is 4.90 Å². The Balaban J connectivity index is 1.21. The van der Waals surface area contributed by atoms with E-state index in [0.717, 1.165) is 51.6 Å². The van der Waals surface area contributed by atoms with E-state index in [4.69, 9.17) is 40.1 Å². The van der Waals surface area contributed by atoms with Crippen LogP contribution >= 0.6 is 0 Å². The van der Waals surface area contributed by atoms with Crippen LogP contribution in [0.1, 0.15) is 44.1 Å². The van der Waals surface area contributed by atoms with Gasteiger partial charge in [-0.1, -0.05) is 18.4 Å². The third-order valence-electron chi connectivity index (χ3n) is 11.4. The number of nitrogens with zero attached hydrogens (tertiary/aromatic N) is 5. The number of ether oxygens (including phenoxy) is 5. The molecule has 2 aromatic carbocycles. The lowest BCUT2D eigenvalue weighted by Crippen LogP contribution is -2.53. The van der Waals surface area contributed by atoms with Crippen LogP contribution in [0.3, 0.4) is 0 Å². The van der Waals surface area contributed by atoms with Gasteiger partial charge in [0.05, 0.1) is 52.3 Å². The number of phenols is 1. The fourth-order valence-corrected chi connectivity index (χ4v) is 8.98. The zero-order valence-corrected chi connectivity index (χ0v) is 30.0. The van der Waals surface area contributed by atoms with Gasteiger partial charge >= 0.3 is 6.01 Å². The van der Waals surface area contributed by atoms with Crippen molar-refractivity contribution in [1.29, 1.82) is 0 Å². The van der Waals surface area contributed by atoms with E-state index >= 15 is 8.78 Å². The lowest BCUT2D eigenvalue weighted by Gasteiger charge is -2.47. The smallest absolute Gasteiger partial charge is 0.319 e. The number of methoxy groups -OCH3 is 1. The number of terminal acetylenes is 1. The van der Waals surface area contributed by atoms with Crippen molar-refractivity contribution in [3.05, 3.63) is 41.5 Å². The first-order valence-electron chi connectivity index (χ1n) is 18.6. The Kier molecular flexibility index (Phi) is 10.2. The summed E-state index contributed by atoms with van der Waals surface area (Å²) in [4.78, 5) is 18.9. The van der Waals surface area contributed by atoms with Crippen molar-refractivity contribution in [3.63, 3.8) is 0 Å². The number of fused-ring (bicyclic) bond motifs is 3. The van der Waals surface area contributed by atoms with Gasteiger partial charge in [0.2, 0.25) is 5.88 Å². The first-order chi connectivity index (χ1) is 25.9. The Hall–Kier alpha value is -4.35. The quantitative estimate of drug-likeness (QED) is 0.225. The largest absolute Gasteiger partial charge is 0.508 e. The molecule has 8 rings (SSSR count). The Labute approximate surface area is 307 Å². The minimum atomic E-state index is -0.798. The van der Waals surface area contributed by atoms with Crippen molar-refractivity contribution in [2.75, 3.05) is 84.4 Å². The molecule has 3 aliphatic heterocycles. The van der Waals surface area contributed by atoms with Gasteiger partial charge in [-0.15, -0.1) is 6.42 Å². The Morgan fingerprint density at radius 1 is 0.962 bits per heavy atom. The number of aromatic nitrogens is 3. The van der Waals surface area contributed by atoms with Gasteiger partial charge in [-0.05, 0) is 62.2 Å². The van der Waals surface area contributed by atoms with Crippen molar-refractivity contribution in [2.24, 2.45) is 11.3 Å². The summed E-state index contributed by atoms with van der Waals surface area (Å²) in [6.45, 7) is 7.16. The lowest BCUT2D eigenvalue weighted by atomic mass is 9.75. The molecule has 11 nitrogen and oxygen atoms in total. The number of likely N-dealkylation sites (tertiary alicyclic amines) is 1. The van der Waals surface area contributed by atoms with E-state index in [1.807, 2.05) is 4.90 Å². The second kappa shape index (κ2) is 15.2. The molecule has 1 saturated carbocycles. The maximum absolute atomic E-state index is 17.2. The van der Waals surface area contributed by atoms with E-state index in [1.54, 1.807) is 0 Å². The number of halogens is 2. The maximum atomic E-state index is 17.2. The second-order valence-corrected chi connectivity index (χ2v) is 14.6. The molecule has 2 atom stereocenters. The van der Waals surface area contributed by atoms with E-state index < -0.39 is 11.6 Å². The summed E-state index contributed by atoms with van der Waals surface area (Å²) in [6, 6.07) is 5.86. The van der Waals surface area contributed by atoms with Gasteiger partial charge < -0.3 is 33.7 Å². The highest BCUT2D eigenvalue weighted by molar-refractivity contribution is 6.04. The molecule has 280 valence electrons. The summed E-state index contributed by atoms with van der Waals surface area (Å²) in [5, 5.41) is 11.7. The Bertz CT molecular complexity index is 2030. The number of aromatic hydroxyl groups is 1. The minimum Gasteiger partial charge on any atom is -0.508 e. The van der Waals surface area contributed by atoms with Crippen LogP contribution in [0.2, 0.25) is 0 Å². The first-order valence-corrected chi connectivity index (χ1v) is 18.6. The highest BCUT2D eigenvalue weighted by atomic mass is 19.1. The molecule has 53 heavy (non-hydrogen) atoms. The molecule has 1 aliphatic carbocycles. The van der Waals surface area contributed by atoms with Crippen molar-refractivity contribution >= 4 is 27.5 Å².